The highest BCUT2D eigenvalue weighted by molar-refractivity contribution is 5.83. The Morgan fingerprint density at radius 2 is 2.17 bits per heavy atom. The Bertz CT molecular complexity index is 309. The van der Waals surface area contributed by atoms with Gasteiger partial charge in [0, 0.05) is 19.6 Å². The van der Waals surface area contributed by atoms with E-state index < -0.39 is 24.0 Å². The number of amidine groups is 1. The lowest BCUT2D eigenvalue weighted by molar-refractivity contribution is -0.162. The van der Waals surface area contributed by atoms with Gasteiger partial charge >= 0.3 is 6.18 Å². The smallest absolute Gasteiger partial charge is 0.400 e. The molecule has 106 valence electrons. The van der Waals surface area contributed by atoms with Gasteiger partial charge in [0.25, 0.3) is 0 Å². The van der Waals surface area contributed by atoms with Gasteiger partial charge in [-0.25, -0.2) is 0 Å². The fourth-order valence-electron chi connectivity index (χ4n) is 2.08. The summed E-state index contributed by atoms with van der Waals surface area (Å²) in [4.78, 5) is 1.58. The number of hydrogen-bond donors (Lipinski definition) is 3. The molecule has 1 fully saturated rings. The lowest BCUT2D eigenvalue weighted by Gasteiger charge is -2.36. The maximum atomic E-state index is 12.7. The van der Waals surface area contributed by atoms with Crippen LogP contribution in [0.2, 0.25) is 0 Å². The number of aliphatic hydroxyl groups excluding tert-OH is 1. The third kappa shape index (κ3) is 3.74. The monoisotopic (exact) mass is 269 g/mol. The maximum absolute atomic E-state index is 12.7. The molecule has 1 rings (SSSR count). The number of hydrogen-bond acceptors (Lipinski definition) is 4. The van der Waals surface area contributed by atoms with Gasteiger partial charge in [0.2, 0.25) is 0 Å². The molecule has 1 aliphatic heterocycles. The van der Waals surface area contributed by atoms with Crippen molar-refractivity contribution in [2.75, 3.05) is 19.6 Å². The molecule has 3 atom stereocenters. The van der Waals surface area contributed by atoms with Gasteiger partial charge in [-0.1, -0.05) is 12.1 Å². The van der Waals surface area contributed by atoms with Crippen LogP contribution in [0.5, 0.6) is 0 Å². The van der Waals surface area contributed by atoms with E-state index in [1.807, 2.05) is 0 Å². The molecule has 0 spiro atoms. The molecule has 18 heavy (non-hydrogen) atoms. The average molecular weight is 269 g/mol. The quantitative estimate of drug-likeness (QED) is 0.303. The van der Waals surface area contributed by atoms with Crippen molar-refractivity contribution in [3.05, 3.63) is 0 Å². The van der Waals surface area contributed by atoms with Crippen molar-refractivity contribution in [1.82, 2.24) is 4.90 Å². The fraction of sp³-hybridized carbons (Fsp3) is 0.900. The fourth-order valence-corrected chi connectivity index (χ4v) is 2.08. The molecule has 0 radical (unpaired) electrons. The van der Waals surface area contributed by atoms with E-state index in [2.05, 4.69) is 5.16 Å². The van der Waals surface area contributed by atoms with Gasteiger partial charge in [0.15, 0.2) is 5.84 Å². The summed E-state index contributed by atoms with van der Waals surface area (Å²) >= 11 is 0. The molecule has 5 nitrogen and oxygen atoms in total. The molecule has 0 aliphatic carbocycles. The van der Waals surface area contributed by atoms with Crippen LogP contribution in [0.3, 0.4) is 0 Å². The molecule has 0 bridgehead atoms. The number of rotatable bonds is 3. The van der Waals surface area contributed by atoms with Gasteiger partial charge < -0.3 is 20.9 Å². The summed E-state index contributed by atoms with van der Waals surface area (Å²) in [7, 11) is 0. The van der Waals surface area contributed by atoms with Gasteiger partial charge in [-0.2, -0.15) is 13.2 Å². The number of nitrogens with two attached hydrogens (primary N) is 1. The molecule has 0 aromatic rings. The van der Waals surface area contributed by atoms with Crippen LogP contribution in [0, 0.1) is 11.8 Å². The van der Waals surface area contributed by atoms with Crippen molar-refractivity contribution in [2.24, 2.45) is 22.7 Å². The number of oxime groups is 1. The molecular formula is C10H18F3N3O2. The zero-order valence-electron chi connectivity index (χ0n) is 10.1. The Balaban J connectivity index is 2.68. The maximum Gasteiger partial charge on any atom is 0.400 e. The normalized spacial score (nSPS) is 29.3. The summed E-state index contributed by atoms with van der Waals surface area (Å²) in [5.74, 6) is -2.90. The zero-order valence-corrected chi connectivity index (χ0v) is 10.1. The highest BCUT2D eigenvalue weighted by atomic mass is 19.4. The summed E-state index contributed by atoms with van der Waals surface area (Å²) in [5, 5.41) is 20.4. The lowest BCUT2D eigenvalue weighted by Crippen LogP contribution is -2.49. The summed E-state index contributed by atoms with van der Waals surface area (Å²) in [5.41, 5.74) is 5.09. The third-order valence-electron chi connectivity index (χ3n) is 3.25. The van der Waals surface area contributed by atoms with Crippen LogP contribution in [-0.4, -0.2) is 53.0 Å². The van der Waals surface area contributed by atoms with Gasteiger partial charge in [-0.15, -0.1) is 0 Å². The standard InChI is InChI=1S/C10H18F3N3O2/c1-6-4-16(3-2-8(6)17)5-7(9(14)15-18)10(11,12)13/h6-8,17-18H,2-5H2,1H3,(H2,14,15). The molecule has 0 aromatic heterocycles. The van der Waals surface area contributed by atoms with Crippen molar-refractivity contribution in [2.45, 2.75) is 25.6 Å². The van der Waals surface area contributed by atoms with Crippen molar-refractivity contribution < 1.29 is 23.5 Å². The second-order valence-electron chi connectivity index (χ2n) is 4.71. The van der Waals surface area contributed by atoms with E-state index in [0.29, 0.717) is 19.5 Å². The largest absolute Gasteiger partial charge is 0.409 e. The van der Waals surface area contributed by atoms with Crippen LogP contribution in [0.4, 0.5) is 13.2 Å². The van der Waals surface area contributed by atoms with Crippen molar-refractivity contribution >= 4 is 5.84 Å². The highest BCUT2D eigenvalue weighted by Gasteiger charge is 2.44. The van der Waals surface area contributed by atoms with E-state index in [9.17, 15) is 18.3 Å². The van der Waals surface area contributed by atoms with Gasteiger partial charge in [-0.05, 0) is 12.3 Å². The van der Waals surface area contributed by atoms with Gasteiger partial charge in [0.05, 0.1) is 6.10 Å². The highest BCUT2D eigenvalue weighted by Crippen LogP contribution is 2.28. The van der Waals surface area contributed by atoms with Crippen LogP contribution < -0.4 is 5.73 Å². The lowest BCUT2D eigenvalue weighted by atomic mass is 9.95. The van der Waals surface area contributed by atoms with Crippen molar-refractivity contribution in [1.29, 1.82) is 0 Å². The molecule has 0 saturated carbocycles. The van der Waals surface area contributed by atoms with E-state index in [1.165, 1.54) is 0 Å². The van der Waals surface area contributed by atoms with Crippen LogP contribution in [0.15, 0.2) is 5.16 Å². The topological polar surface area (TPSA) is 82.1 Å². The predicted molar refractivity (Wildman–Crippen MR) is 59.2 cm³/mol. The third-order valence-corrected chi connectivity index (χ3v) is 3.25. The Labute approximate surface area is 103 Å². The number of likely N-dealkylation sites (tertiary alicyclic amines) is 1. The second-order valence-corrected chi connectivity index (χ2v) is 4.71. The summed E-state index contributed by atoms with van der Waals surface area (Å²) in [6, 6.07) is 0. The molecule has 0 aromatic carbocycles. The minimum Gasteiger partial charge on any atom is -0.409 e. The molecule has 1 aliphatic rings. The van der Waals surface area contributed by atoms with E-state index >= 15 is 0 Å². The summed E-state index contributed by atoms with van der Waals surface area (Å²) < 4.78 is 38.2. The minimum atomic E-state index is -4.55. The number of nitrogens with zero attached hydrogens (tertiary/aromatic N) is 2. The van der Waals surface area contributed by atoms with Crippen molar-refractivity contribution in [3.63, 3.8) is 0 Å². The first-order valence-electron chi connectivity index (χ1n) is 5.70. The van der Waals surface area contributed by atoms with Crippen LogP contribution in [0.25, 0.3) is 0 Å². The summed E-state index contributed by atoms with van der Waals surface area (Å²) in [6.07, 6.45) is -4.59. The van der Waals surface area contributed by atoms with E-state index in [4.69, 9.17) is 10.9 Å². The van der Waals surface area contributed by atoms with Crippen LogP contribution >= 0.6 is 0 Å². The number of alkyl halides is 3. The van der Waals surface area contributed by atoms with Gasteiger partial charge in [-0.3, -0.25) is 0 Å². The molecular weight excluding hydrogens is 251 g/mol. The van der Waals surface area contributed by atoms with Gasteiger partial charge in [0.1, 0.15) is 5.92 Å². The number of aliphatic hydroxyl groups is 1. The summed E-state index contributed by atoms with van der Waals surface area (Å²) in [6.45, 7) is 2.17. The molecule has 1 saturated heterocycles. The first-order valence-corrected chi connectivity index (χ1v) is 5.70. The van der Waals surface area contributed by atoms with E-state index in [1.54, 1.807) is 11.8 Å². The Kier molecular flexibility index (Phi) is 4.80. The average Bonchev–Trinajstić information content (AvgIpc) is 2.28. The molecule has 1 heterocycles. The number of halogens is 3. The molecule has 8 heteroatoms. The van der Waals surface area contributed by atoms with Crippen molar-refractivity contribution in [3.8, 4) is 0 Å². The van der Waals surface area contributed by atoms with Crippen LogP contribution in [-0.2, 0) is 0 Å². The predicted octanol–water partition coefficient (Wildman–Crippen LogP) is 0.614. The van der Waals surface area contributed by atoms with E-state index in [-0.39, 0.29) is 12.5 Å². The molecule has 3 unspecified atom stereocenters. The second kappa shape index (κ2) is 5.75. The SMILES string of the molecule is CC1CN(CC(C(N)=NO)C(F)(F)F)CCC1O. The van der Waals surface area contributed by atoms with Crippen LogP contribution in [0.1, 0.15) is 13.3 Å². The first-order chi connectivity index (χ1) is 8.25. The first kappa shape index (κ1) is 15.0. The molecule has 0 amide bonds. The van der Waals surface area contributed by atoms with E-state index in [0.717, 1.165) is 0 Å². The minimum absolute atomic E-state index is 0.0834. The zero-order chi connectivity index (χ0) is 13.9. The number of piperidine rings is 1. The molecule has 4 N–H and O–H groups in total. The Hall–Kier alpha value is -1.02. The Morgan fingerprint density at radius 3 is 2.61 bits per heavy atom. The Morgan fingerprint density at radius 1 is 1.56 bits per heavy atom.